The predicted octanol–water partition coefficient (Wildman–Crippen LogP) is 0.373. The highest BCUT2D eigenvalue weighted by molar-refractivity contribution is 7.77. The molecule has 0 saturated heterocycles. The van der Waals surface area contributed by atoms with Gasteiger partial charge < -0.3 is 15.6 Å². The van der Waals surface area contributed by atoms with E-state index in [1.807, 2.05) is 25.1 Å². The summed E-state index contributed by atoms with van der Waals surface area (Å²) in [5.41, 5.74) is 8.34. The molecule has 0 aliphatic carbocycles. The van der Waals surface area contributed by atoms with Crippen LogP contribution in [-0.2, 0) is 11.3 Å². The fourth-order valence-electron chi connectivity index (χ4n) is 1.13. The average molecular weight is 228 g/mol. The molecular weight excluding hydrogens is 214 g/mol. The van der Waals surface area contributed by atoms with Crippen molar-refractivity contribution < 1.29 is 8.76 Å². The van der Waals surface area contributed by atoms with Crippen LogP contribution in [-0.4, -0.2) is 21.9 Å². The van der Waals surface area contributed by atoms with Gasteiger partial charge in [0.15, 0.2) is 0 Å². The first kappa shape index (κ1) is 12.0. The number of hydrogen-bond acceptors (Lipinski definition) is 4. The lowest BCUT2D eigenvalue weighted by atomic mass is 10.2. The van der Waals surface area contributed by atoms with Crippen LogP contribution in [0.3, 0.4) is 0 Å². The van der Waals surface area contributed by atoms with Crippen LogP contribution in [0.25, 0.3) is 0 Å². The Morgan fingerprint density at radius 2 is 2.20 bits per heavy atom. The number of benzene rings is 1. The van der Waals surface area contributed by atoms with Crippen LogP contribution >= 0.6 is 0 Å². The fraction of sp³-hybridized carbons (Fsp3) is 0.333. The van der Waals surface area contributed by atoms with E-state index in [0.29, 0.717) is 13.1 Å². The Morgan fingerprint density at radius 1 is 1.47 bits per heavy atom. The smallest absolute Gasteiger partial charge is 0.0345 e. The Kier molecular flexibility index (Phi) is 4.54. The van der Waals surface area contributed by atoms with Gasteiger partial charge in [-0.05, 0) is 30.7 Å². The highest BCUT2D eigenvalue weighted by Gasteiger charge is 1.95. The molecule has 0 bridgehead atoms. The lowest BCUT2D eigenvalue weighted by molar-refractivity contribution is 0.524. The zero-order valence-corrected chi connectivity index (χ0v) is 9.26. The zero-order valence-electron chi connectivity index (χ0n) is 8.45. The van der Waals surface area contributed by atoms with Gasteiger partial charge in [0.25, 0.3) is 0 Å². The maximum absolute atomic E-state index is 10.2. The van der Waals surface area contributed by atoms with Crippen LogP contribution < -0.4 is 15.8 Å². The normalized spacial score (nSPS) is 12.4. The van der Waals surface area contributed by atoms with E-state index in [-0.39, 0.29) is 0 Å². The molecule has 1 unspecified atom stereocenters. The summed E-state index contributed by atoms with van der Waals surface area (Å²) in [6.07, 6.45) is 0. The van der Waals surface area contributed by atoms with Crippen molar-refractivity contribution in [3.05, 3.63) is 23.8 Å². The molecule has 0 heterocycles. The molecule has 15 heavy (non-hydrogen) atoms. The van der Waals surface area contributed by atoms with Gasteiger partial charge in [-0.3, -0.25) is 4.21 Å². The number of rotatable bonds is 5. The second-order valence-electron chi connectivity index (χ2n) is 3.13. The molecule has 0 saturated carbocycles. The monoisotopic (exact) mass is 228 g/mol. The average Bonchev–Trinajstić information content (AvgIpc) is 2.18. The van der Waals surface area contributed by atoms with Crippen molar-refractivity contribution >= 4 is 22.6 Å². The maximum Gasteiger partial charge on any atom is 0.0345 e. The largest absolute Gasteiger partial charge is 0.760 e. The molecule has 0 amide bonds. The van der Waals surface area contributed by atoms with Crippen molar-refractivity contribution in [1.29, 1.82) is 0 Å². The van der Waals surface area contributed by atoms with E-state index in [4.69, 9.17) is 5.73 Å². The topological polar surface area (TPSA) is 90.2 Å². The molecule has 84 valence electrons. The van der Waals surface area contributed by atoms with Gasteiger partial charge in [-0.2, -0.15) is 0 Å². The van der Waals surface area contributed by atoms with Gasteiger partial charge in [0.2, 0.25) is 0 Å². The molecule has 0 aromatic heterocycles. The molecular formula is C9H14N3O2S-. The second kappa shape index (κ2) is 5.69. The van der Waals surface area contributed by atoms with E-state index >= 15 is 0 Å². The van der Waals surface area contributed by atoms with Gasteiger partial charge in [-0.15, -0.1) is 0 Å². The van der Waals surface area contributed by atoms with Crippen LogP contribution in [0.1, 0.15) is 5.56 Å². The third-order valence-corrected chi connectivity index (χ3v) is 2.38. The number of hydrogen-bond donors (Lipinski definition) is 3. The first-order valence-corrected chi connectivity index (χ1v) is 5.60. The van der Waals surface area contributed by atoms with Crippen molar-refractivity contribution in [3.8, 4) is 0 Å². The minimum Gasteiger partial charge on any atom is -0.760 e. The Balaban J connectivity index is 2.38. The highest BCUT2D eigenvalue weighted by Crippen LogP contribution is 2.15. The Morgan fingerprint density at radius 3 is 2.80 bits per heavy atom. The first-order chi connectivity index (χ1) is 7.09. The molecule has 0 radical (unpaired) electrons. The Hall–Kier alpha value is -1.11. The minimum absolute atomic E-state index is 0.361. The van der Waals surface area contributed by atoms with E-state index in [2.05, 4.69) is 10.0 Å². The third kappa shape index (κ3) is 4.28. The summed E-state index contributed by atoms with van der Waals surface area (Å²) in [5, 5.41) is 3.08. The van der Waals surface area contributed by atoms with Crippen LogP contribution in [0.2, 0.25) is 0 Å². The molecule has 1 aromatic carbocycles. The van der Waals surface area contributed by atoms with Crippen LogP contribution in [0.15, 0.2) is 18.2 Å². The van der Waals surface area contributed by atoms with E-state index in [9.17, 15) is 8.76 Å². The van der Waals surface area contributed by atoms with Gasteiger partial charge in [0, 0.05) is 35.7 Å². The van der Waals surface area contributed by atoms with E-state index in [1.54, 1.807) is 0 Å². The van der Waals surface area contributed by atoms with Gasteiger partial charge in [-0.1, -0.05) is 0 Å². The summed E-state index contributed by atoms with van der Waals surface area (Å²) in [6, 6.07) is 5.59. The molecule has 4 N–H and O–H groups in total. The summed E-state index contributed by atoms with van der Waals surface area (Å²) < 4.78 is 22.6. The molecule has 5 nitrogen and oxygen atoms in total. The van der Waals surface area contributed by atoms with Crippen LogP contribution in [0.5, 0.6) is 0 Å². The van der Waals surface area contributed by atoms with Crippen molar-refractivity contribution in [2.75, 3.05) is 24.1 Å². The number of nitrogens with two attached hydrogens (primary N) is 1. The summed E-state index contributed by atoms with van der Waals surface area (Å²) >= 11 is -2.19. The fourth-order valence-corrected chi connectivity index (χ4v) is 1.40. The van der Waals surface area contributed by atoms with Crippen LogP contribution in [0, 0.1) is 6.92 Å². The van der Waals surface area contributed by atoms with Gasteiger partial charge in [0.05, 0.1) is 0 Å². The summed E-state index contributed by atoms with van der Waals surface area (Å²) in [7, 11) is 0. The molecule has 0 fully saturated rings. The quantitative estimate of drug-likeness (QED) is 0.386. The standard InChI is InChI=1S/C9H15N3O2S/c1-7-6-8(2-3-9(7)10)11-4-5-12-15(13)14/h2-3,6,11-12H,4-5,10H2,1H3,(H,13,14)/p-1. The lowest BCUT2D eigenvalue weighted by Gasteiger charge is -2.10. The van der Waals surface area contributed by atoms with Crippen LogP contribution in [0.4, 0.5) is 11.4 Å². The molecule has 1 atom stereocenters. The molecule has 0 spiro atoms. The number of anilines is 2. The molecule has 0 aliphatic rings. The Bertz CT molecular complexity index is 357. The number of aryl methyl sites for hydroxylation is 1. The molecule has 1 aromatic rings. The summed E-state index contributed by atoms with van der Waals surface area (Å²) in [6.45, 7) is 2.82. The van der Waals surface area contributed by atoms with Crippen molar-refractivity contribution in [1.82, 2.24) is 4.72 Å². The highest BCUT2D eigenvalue weighted by atomic mass is 32.2. The lowest BCUT2D eigenvalue weighted by Crippen LogP contribution is -2.23. The Labute approximate surface area is 91.5 Å². The predicted molar refractivity (Wildman–Crippen MR) is 61.0 cm³/mol. The SMILES string of the molecule is Cc1cc(NCCNS(=O)[O-])ccc1N. The van der Waals surface area contributed by atoms with E-state index < -0.39 is 11.3 Å². The van der Waals surface area contributed by atoms with E-state index in [1.165, 1.54) is 0 Å². The molecule has 6 heteroatoms. The van der Waals surface area contributed by atoms with Crippen molar-refractivity contribution in [2.45, 2.75) is 6.92 Å². The minimum atomic E-state index is -2.19. The first-order valence-electron chi connectivity index (χ1n) is 4.52. The molecule has 1 rings (SSSR count). The van der Waals surface area contributed by atoms with Crippen molar-refractivity contribution in [3.63, 3.8) is 0 Å². The number of nitrogen functional groups attached to an aromatic ring is 1. The third-order valence-electron chi connectivity index (χ3n) is 1.94. The van der Waals surface area contributed by atoms with E-state index in [0.717, 1.165) is 16.9 Å². The molecule has 0 aliphatic heterocycles. The van der Waals surface area contributed by atoms with Gasteiger partial charge >= 0.3 is 0 Å². The van der Waals surface area contributed by atoms with Gasteiger partial charge in [0.1, 0.15) is 0 Å². The second-order valence-corrected chi connectivity index (χ2v) is 3.89. The maximum atomic E-state index is 10.2. The number of nitrogens with one attached hydrogen (secondary N) is 2. The summed E-state index contributed by atoms with van der Waals surface area (Å²) in [4.78, 5) is 0. The van der Waals surface area contributed by atoms with Crippen molar-refractivity contribution in [2.24, 2.45) is 0 Å². The zero-order chi connectivity index (χ0) is 11.3. The summed E-state index contributed by atoms with van der Waals surface area (Å²) in [5.74, 6) is 0. The van der Waals surface area contributed by atoms with Gasteiger partial charge in [-0.25, -0.2) is 4.72 Å².